The van der Waals surface area contributed by atoms with E-state index in [9.17, 15) is 0 Å². The van der Waals surface area contributed by atoms with E-state index in [1.165, 1.54) is 45.1 Å². The molecule has 0 spiro atoms. The summed E-state index contributed by atoms with van der Waals surface area (Å²) in [6.45, 7) is 5.25. The number of morpholine rings is 1. The molecule has 2 fully saturated rings. The van der Waals surface area contributed by atoms with Crippen molar-refractivity contribution < 1.29 is 4.74 Å². The number of nitrogens with zero attached hydrogens (tertiary/aromatic N) is 1. The maximum Gasteiger partial charge on any atom is 0.0594 e. The molecule has 0 aromatic rings. The van der Waals surface area contributed by atoms with Gasteiger partial charge >= 0.3 is 0 Å². The van der Waals surface area contributed by atoms with E-state index >= 15 is 0 Å². The second kappa shape index (κ2) is 5.28. The van der Waals surface area contributed by atoms with Crippen LogP contribution in [0.1, 0.15) is 38.5 Å². The summed E-state index contributed by atoms with van der Waals surface area (Å²) in [5, 5.41) is 0. The Kier molecular flexibility index (Phi) is 4.00. The van der Waals surface area contributed by atoms with Gasteiger partial charge in [-0.15, -0.1) is 0 Å². The molecule has 1 aliphatic carbocycles. The Hall–Kier alpha value is -0.120. The van der Waals surface area contributed by atoms with Crippen LogP contribution in [0.2, 0.25) is 0 Å². The predicted molar refractivity (Wildman–Crippen MR) is 61.9 cm³/mol. The summed E-state index contributed by atoms with van der Waals surface area (Å²) in [6.07, 6.45) is 7.65. The third kappa shape index (κ3) is 3.44. The van der Waals surface area contributed by atoms with Gasteiger partial charge in [0.15, 0.2) is 0 Å². The fourth-order valence-electron chi connectivity index (χ4n) is 2.81. The van der Waals surface area contributed by atoms with Gasteiger partial charge in [-0.2, -0.15) is 0 Å². The van der Waals surface area contributed by atoms with E-state index in [0.717, 1.165) is 26.3 Å². The SMILES string of the molecule is NC1(CCCN2CCOCC2)CCCC1. The standard InChI is InChI=1S/C12H24N2O/c13-12(4-1-2-5-12)6-3-7-14-8-10-15-11-9-14/h1-11,13H2. The van der Waals surface area contributed by atoms with Crippen molar-refractivity contribution in [3.05, 3.63) is 0 Å². The quantitative estimate of drug-likeness (QED) is 0.765. The average molecular weight is 212 g/mol. The molecule has 0 radical (unpaired) electrons. The Labute approximate surface area is 93.0 Å². The van der Waals surface area contributed by atoms with Gasteiger partial charge in [-0.3, -0.25) is 4.90 Å². The average Bonchev–Trinajstić information content (AvgIpc) is 2.67. The van der Waals surface area contributed by atoms with Gasteiger partial charge in [0.1, 0.15) is 0 Å². The molecule has 2 aliphatic rings. The van der Waals surface area contributed by atoms with Crippen LogP contribution in [0.3, 0.4) is 0 Å². The molecule has 88 valence electrons. The van der Waals surface area contributed by atoms with Crippen LogP contribution in [-0.4, -0.2) is 43.3 Å². The molecule has 0 bridgehead atoms. The van der Waals surface area contributed by atoms with Gasteiger partial charge in [0.2, 0.25) is 0 Å². The molecule has 15 heavy (non-hydrogen) atoms. The molecule has 3 nitrogen and oxygen atoms in total. The van der Waals surface area contributed by atoms with Gasteiger partial charge in [-0.25, -0.2) is 0 Å². The van der Waals surface area contributed by atoms with E-state index in [1.807, 2.05) is 0 Å². The minimum atomic E-state index is 0.187. The summed E-state index contributed by atoms with van der Waals surface area (Å²) in [6, 6.07) is 0. The molecule has 1 saturated heterocycles. The fourth-order valence-corrected chi connectivity index (χ4v) is 2.81. The first-order valence-corrected chi connectivity index (χ1v) is 6.38. The summed E-state index contributed by atoms with van der Waals surface area (Å²) in [5.74, 6) is 0. The van der Waals surface area contributed by atoms with Gasteiger partial charge in [0.05, 0.1) is 13.2 Å². The third-order valence-electron chi connectivity index (χ3n) is 3.85. The van der Waals surface area contributed by atoms with E-state index in [0.29, 0.717) is 0 Å². The monoisotopic (exact) mass is 212 g/mol. The van der Waals surface area contributed by atoms with Crippen molar-refractivity contribution in [2.24, 2.45) is 5.73 Å². The van der Waals surface area contributed by atoms with Crippen molar-refractivity contribution in [3.63, 3.8) is 0 Å². The van der Waals surface area contributed by atoms with E-state index in [1.54, 1.807) is 0 Å². The molecular weight excluding hydrogens is 188 g/mol. The van der Waals surface area contributed by atoms with Crippen molar-refractivity contribution in [3.8, 4) is 0 Å². The molecule has 0 unspecified atom stereocenters. The lowest BCUT2D eigenvalue weighted by molar-refractivity contribution is 0.0365. The summed E-state index contributed by atoms with van der Waals surface area (Å²) in [7, 11) is 0. The van der Waals surface area contributed by atoms with Crippen molar-refractivity contribution in [1.82, 2.24) is 4.90 Å². The zero-order valence-corrected chi connectivity index (χ0v) is 9.71. The topological polar surface area (TPSA) is 38.5 Å². The van der Waals surface area contributed by atoms with Crippen LogP contribution in [0.25, 0.3) is 0 Å². The molecule has 2 rings (SSSR count). The highest BCUT2D eigenvalue weighted by Crippen LogP contribution is 2.30. The van der Waals surface area contributed by atoms with Crippen molar-refractivity contribution >= 4 is 0 Å². The Morgan fingerprint density at radius 1 is 1.13 bits per heavy atom. The summed E-state index contributed by atoms with van der Waals surface area (Å²) >= 11 is 0. The molecular formula is C12H24N2O. The Morgan fingerprint density at radius 2 is 1.80 bits per heavy atom. The van der Waals surface area contributed by atoms with Crippen LogP contribution in [0.5, 0.6) is 0 Å². The lowest BCUT2D eigenvalue weighted by Crippen LogP contribution is -2.40. The molecule has 0 aromatic heterocycles. The van der Waals surface area contributed by atoms with Crippen molar-refractivity contribution in [2.45, 2.75) is 44.1 Å². The summed E-state index contributed by atoms with van der Waals surface area (Å²) in [4.78, 5) is 2.50. The smallest absolute Gasteiger partial charge is 0.0594 e. The molecule has 0 aromatic carbocycles. The molecule has 1 aliphatic heterocycles. The van der Waals surface area contributed by atoms with E-state index in [2.05, 4.69) is 4.90 Å². The van der Waals surface area contributed by atoms with Gasteiger partial charge in [-0.1, -0.05) is 12.8 Å². The van der Waals surface area contributed by atoms with Crippen LogP contribution in [0.4, 0.5) is 0 Å². The van der Waals surface area contributed by atoms with Crippen molar-refractivity contribution in [2.75, 3.05) is 32.8 Å². The summed E-state index contributed by atoms with van der Waals surface area (Å²) in [5.41, 5.74) is 6.52. The van der Waals surface area contributed by atoms with Gasteiger partial charge in [0.25, 0.3) is 0 Å². The van der Waals surface area contributed by atoms with Crippen LogP contribution in [0.15, 0.2) is 0 Å². The van der Waals surface area contributed by atoms with E-state index in [-0.39, 0.29) is 5.54 Å². The highest BCUT2D eigenvalue weighted by atomic mass is 16.5. The first-order valence-electron chi connectivity index (χ1n) is 6.38. The molecule has 1 heterocycles. The predicted octanol–water partition coefficient (Wildman–Crippen LogP) is 1.37. The minimum Gasteiger partial charge on any atom is -0.379 e. The number of rotatable bonds is 4. The maximum atomic E-state index is 6.33. The second-order valence-electron chi connectivity index (χ2n) is 5.13. The molecule has 0 amide bonds. The lowest BCUT2D eigenvalue weighted by atomic mass is 9.93. The van der Waals surface area contributed by atoms with Crippen LogP contribution in [0, 0.1) is 0 Å². The zero-order chi connectivity index (χ0) is 10.6. The van der Waals surface area contributed by atoms with Gasteiger partial charge in [0, 0.05) is 18.6 Å². The number of nitrogens with two attached hydrogens (primary N) is 1. The first kappa shape index (κ1) is 11.4. The highest BCUT2D eigenvalue weighted by Gasteiger charge is 2.28. The summed E-state index contributed by atoms with van der Waals surface area (Å²) < 4.78 is 5.33. The Bertz CT molecular complexity index is 184. The molecule has 2 N–H and O–H groups in total. The lowest BCUT2D eigenvalue weighted by Gasteiger charge is -2.29. The normalized spacial score (nSPS) is 27.0. The molecule has 0 atom stereocenters. The van der Waals surface area contributed by atoms with Crippen LogP contribution < -0.4 is 5.73 Å². The third-order valence-corrected chi connectivity index (χ3v) is 3.85. The first-order chi connectivity index (χ1) is 7.29. The Balaban J connectivity index is 1.61. The number of ether oxygens (including phenoxy) is 1. The van der Waals surface area contributed by atoms with Crippen LogP contribution in [-0.2, 0) is 4.74 Å². The second-order valence-corrected chi connectivity index (χ2v) is 5.13. The number of hydrogen-bond donors (Lipinski definition) is 1. The zero-order valence-electron chi connectivity index (χ0n) is 9.71. The molecule has 1 saturated carbocycles. The molecule has 3 heteroatoms. The fraction of sp³-hybridized carbons (Fsp3) is 1.00. The largest absolute Gasteiger partial charge is 0.379 e. The van der Waals surface area contributed by atoms with Crippen molar-refractivity contribution in [1.29, 1.82) is 0 Å². The van der Waals surface area contributed by atoms with Crippen LogP contribution >= 0.6 is 0 Å². The van der Waals surface area contributed by atoms with Gasteiger partial charge in [-0.05, 0) is 32.2 Å². The van der Waals surface area contributed by atoms with E-state index < -0.39 is 0 Å². The van der Waals surface area contributed by atoms with E-state index in [4.69, 9.17) is 10.5 Å². The minimum absolute atomic E-state index is 0.187. The maximum absolute atomic E-state index is 6.33. The highest BCUT2D eigenvalue weighted by molar-refractivity contribution is 4.89. The van der Waals surface area contributed by atoms with Gasteiger partial charge < -0.3 is 10.5 Å². The Morgan fingerprint density at radius 3 is 2.47 bits per heavy atom. The number of hydrogen-bond acceptors (Lipinski definition) is 3.